The van der Waals surface area contributed by atoms with Crippen LogP contribution in [-0.4, -0.2) is 0 Å². The maximum atomic E-state index is 2.04. The number of thiophene rings is 1. The summed E-state index contributed by atoms with van der Waals surface area (Å²) >= 11 is 1.71. The SMILES string of the molecule is [Cl-].[SH3+].c1ccsc1. The summed E-state index contributed by atoms with van der Waals surface area (Å²) in [5.74, 6) is 0. The van der Waals surface area contributed by atoms with E-state index in [1.165, 1.54) is 0 Å². The molecule has 0 aliphatic carbocycles. The molecule has 0 aliphatic heterocycles. The van der Waals surface area contributed by atoms with E-state index >= 15 is 0 Å². The van der Waals surface area contributed by atoms with E-state index in [4.69, 9.17) is 0 Å². The predicted molar refractivity (Wildman–Crippen MR) is 35.9 cm³/mol. The molecule has 0 fully saturated rings. The minimum atomic E-state index is 0. The first kappa shape index (κ1) is 10.3. The fraction of sp³-hybridized carbons (Fsp3) is 0. The van der Waals surface area contributed by atoms with Crippen molar-refractivity contribution in [2.45, 2.75) is 0 Å². The van der Waals surface area contributed by atoms with E-state index in [0.717, 1.165) is 0 Å². The van der Waals surface area contributed by atoms with E-state index in [9.17, 15) is 0 Å². The van der Waals surface area contributed by atoms with E-state index in [1.807, 2.05) is 22.9 Å². The van der Waals surface area contributed by atoms with Gasteiger partial charge in [0.25, 0.3) is 0 Å². The zero-order valence-corrected chi connectivity index (χ0v) is 6.40. The Balaban J connectivity index is 0. The van der Waals surface area contributed by atoms with Crippen molar-refractivity contribution in [3.05, 3.63) is 22.9 Å². The fourth-order valence-electron chi connectivity index (χ4n) is 0.227. The van der Waals surface area contributed by atoms with Gasteiger partial charge in [-0.2, -0.15) is 11.3 Å². The lowest BCUT2D eigenvalue weighted by atomic mass is 10.7. The Morgan fingerprint density at radius 2 is 1.43 bits per heavy atom. The molecule has 0 N–H and O–H groups in total. The van der Waals surface area contributed by atoms with Gasteiger partial charge in [-0.3, -0.25) is 0 Å². The highest BCUT2D eigenvalue weighted by Gasteiger charge is 1.58. The van der Waals surface area contributed by atoms with Gasteiger partial charge in [0.2, 0.25) is 0 Å². The van der Waals surface area contributed by atoms with Crippen molar-refractivity contribution >= 4 is 24.8 Å². The molecule has 0 saturated heterocycles. The van der Waals surface area contributed by atoms with Crippen molar-refractivity contribution in [2.24, 2.45) is 0 Å². The predicted octanol–water partition coefficient (Wildman–Crippen LogP) is -2.05. The first-order valence-electron chi connectivity index (χ1n) is 1.47. The summed E-state index contributed by atoms with van der Waals surface area (Å²) in [6.45, 7) is 0. The lowest BCUT2D eigenvalue weighted by Crippen LogP contribution is -3.00. The maximum Gasteiger partial charge on any atom is -0.00934 e. The average molecular weight is 155 g/mol. The Bertz CT molecular complexity index is 66.2. The smallest absolute Gasteiger partial charge is 0.00934 e. The third-order valence-electron chi connectivity index (χ3n) is 0.425. The first-order valence-corrected chi connectivity index (χ1v) is 2.41. The molecular formula is C4H7ClS2. The minimum Gasteiger partial charge on any atom is -1.00 e. The fourth-order valence-corrected chi connectivity index (χ4v) is 0.680. The first-order chi connectivity index (χ1) is 2.50. The molecule has 1 heterocycles. The zero-order chi connectivity index (χ0) is 3.54. The molecule has 42 valence electrons. The number of hydrogen-bond donors (Lipinski definition) is 0. The number of halogens is 1. The third-order valence-corrected chi connectivity index (χ3v) is 1.05. The van der Waals surface area contributed by atoms with Crippen molar-refractivity contribution in [2.75, 3.05) is 0 Å². The van der Waals surface area contributed by atoms with E-state index < -0.39 is 0 Å². The zero-order valence-electron chi connectivity index (χ0n) is 3.67. The normalized spacial score (nSPS) is 5.71. The van der Waals surface area contributed by atoms with Gasteiger partial charge >= 0.3 is 0 Å². The Labute approximate surface area is 60.4 Å². The Morgan fingerprint density at radius 3 is 1.57 bits per heavy atom. The second kappa shape index (κ2) is 6.34. The van der Waals surface area contributed by atoms with Gasteiger partial charge in [0.05, 0.1) is 0 Å². The molecule has 1 rings (SSSR count). The molecule has 0 aromatic carbocycles. The third kappa shape index (κ3) is 4.19. The monoisotopic (exact) mass is 154 g/mol. The van der Waals surface area contributed by atoms with Crippen molar-refractivity contribution in [3.63, 3.8) is 0 Å². The molecule has 1 aromatic heterocycles. The van der Waals surface area contributed by atoms with Crippen molar-refractivity contribution in [3.8, 4) is 0 Å². The van der Waals surface area contributed by atoms with Crippen LogP contribution in [0.3, 0.4) is 0 Å². The highest BCUT2D eigenvalue weighted by molar-refractivity contribution is 7.37. The Kier molecular flexibility index (Phi) is 9.37. The summed E-state index contributed by atoms with van der Waals surface area (Å²) in [6.07, 6.45) is 0. The molecule has 0 nitrogen and oxygen atoms in total. The Hall–Kier alpha value is 0.340. The quantitative estimate of drug-likeness (QED) is 0.378. The van der Waals surface area contributed by atoms with Crippen LogP contribution >= 0.6 is 11.3 Å². The average Bonchev–Trinajstić information content (AvgIpc) is 1.76. The van der Waals surface area contributed by atoms with Gasteiger partial charge in [-0.25, -0.2) is 0 Å². The molecular weight excluding hydrogens is 148 g/mol. The molecule has 0 atom stereocenters. The molecule has 0 radical (unpaired) electrons. The number of rotatable bonds is 0. The highest BCUT2D eigenvalue weighted by atomic mass is 35.5. The summed E-state index contributed by atoms with van der Waals surface area (Å²) in [5.41, 5.74) is 0. The molecule has 0 unspecified atom stereocenters. The largest absolute Gasteiger partial charge is 1.00 e. The molecule has 0 aliphatic rings. The van der Waals surface area contributed by atoms with E-state index in [0.29, 0.717) is 0 Å². The highest BCUT2D eigenvalue weighted by Crippen LogP contribution is 1.91. The molecule has 3 heteroatoms. The van der Waals surface area contributed by atoms with Crippen LogP contribution in [0, 0.1) is 0 Å². The maximum absolute atomic E-state index is 2.04. The molecule has 1 aromatic rings. The van der Waals surface area contributed by atoms with Crippen LogP contribution in [0.5, 0.6) is 0 Å². The van der Waals surface area contributed by atoms with Crippen molar-refractivity contribution in [1.29, 1.82) is 0 Å². The van der Waals surface area contributed by atoms with Crippen LogP contribution in [0.4, 0.5) is 0 Å². The molecule has 0 saturated carbocycles. The van der Waals surface area contributed by atoms with Crippen molar-refractivity contribution < 1.29 is 12.4 Å². The lowest BCUT2D eigenvalue weighted by Gasteiger charge is -1.39. The van der Waals surface area contributed by atoms with Crippen LogP contribution in [-0.2, 0) is 13.5 Å². The van der Waals surface area contributed by atoms with Gasteiger partial charge in [0.15, 0.2) is 0 Å². The lowest BCUT2D eigenvalue weighted by molar-refractivity contribution is -0.00000108. The topological polar surface area (TPSA) is 0 Å². The molecule has 7 heavy (non-hydrogen) atoms. The second-order valence-electron chi connectivity index (χ2n) is 0.793. The van der Waals surface area contributed by atoms with Crippen LogP contribution in [0.2, 0.25) is 0 Å². The van der Waals surface area contributed by atoms with E-state index in [1.54, 1.807) is 11.3 Å². The Morgan fingerprint density at radius 1 is 1.00 bits per heavy atom. The summed E-state index contributed by atoms with van der Waals surface area (Å²) in [5, 5.41) is 4.08. The van der Waals surface area contributed by atoms with Crippen LogP contribution < -0.4 is 12.4 Å². The van der Waals surface area contributed by atoms with Gasteiger partial charge < -0.3 is 12.4 Å². The summed E-state index contributed by atoms with van der Waals surface area (Å²) < 4.78 is 0. The van der Waals surface area contributed by atoms with Gasteiger partial charge in [-0.05, 0) is 10.8 Å². The van der Waals surface area contributed by atoms with Gasteiger partial charge in [-0.15, -0.1) is 0 Å². The van der Waals surface area contributed by atoms with Gasteiger partial charge in [0.1, 0.15) is 0 Å². The van der Waals surface area contributed by atoms with Crippen molar-refractivity contribution in [1.82, 2.24) is 0 Å². The van der Waals surface area contributed by atoms with Gasteiger partial charge in [-0.1, -0.05) is 25.6 Å². The summed E-state index contributed by atoms with van der Waals surface area (Å²) in [6, 6.07) is 4.04. The summed E-state index contributed by atoms with van der Waals surface area (Å²) in [4.78, 5) is 0. The van der Waals surface area contributed by atoms with E-state index in [2.05, 4.69) is 0 Å². The number of hydrogen-bond acceptors (Lipinski definition) is 1. The van der Waals surface area contributed by atoms with Crippen LogP contribution in [0.15, 0.2) is 22.9 Å². The minimum absolute atomic E-state index is 0. The van der Waals surface area contributed by atoms with E-state index in [-0.39, 0.29) is 25.9 Å². The standard InChI is InChI=1S/C4H4S.ClH.H2S/c1-2-4-5-3-1;;/h1-4H;1H;1H2. The summed E-state index contributed by atoms with van der Waals surface area (Å²) in [7, 11) is 0. The van der Waals surface area contributed by atoms with Crippen LogP contribution in [0.25, 0.3) is 0 Å². The van der Waals surface area contributed by atoms with Crippen LogP contribution in [0.1, 0.15) is 0 Å². The molecule has 0 spiro atoms. The molecule has 0 amide bonds. The second-order valence-corrected chi connectivity index (χ2v) is 1.61. The van der Waals surface area contributed by atoms with Gasteiger partial charge in [0, 0.05) is 0 Å². The molecule has 0 bridgehead atoms.